The first-order valence-corrected chi connectivity index (χ1v) is 7.83. The van der Waals surface area contributed by atoms with Crippen molar-refractivity contribution in [3.8, 4) is 0 Å². The fourth-order valence-corrected chi connectivity index (χ4v) is 2.73. The van der Waals surface area contributed by atoms with Crippen LogP contribution in [0.3, 0.4) is 0 Å². The molecule has 3 rings (SSSR count). The van der Waals surface area contributed by atoms with E-state index in [2.05, 4.69) is 5.10 Å². The molecule has 0 fully saturated rings. The topological polar surface area (TPSA) is 51.3 Å². The molecule has 0 saturated heterocycles. The lowest BCUT2D eigenvalue weighted by molar-refractivity contribution is -0.133. The quantitative estimate of drug-likeness (QED) is 0.726. The number of aromatic nitrogens is 2. The third-order valence-electron chi connectivity index (χ3n) is 4.07. The van der Waals surface area contributed by atoms with E-state index in [4.69, 9.17) is 4.42 Å². The number of carbonyl (C=O) groups excluding carboxylic acids is 1. The van der Waals surface area contributed by atoms with Crippen LogP contribution in [0, 0.1) is 0 Å². The molecule has 0 aliphatic heterocycles. The number of rotatable bonds is 5. The van der Waals surface area contributed by atoms with Crippen LogP contribution >= 0.6 is 0 Å². The highest BCUT2D eigenvalue weighted by Crippen LogP contribution is 2.26. The number of para-hydroxylation sites is 1. The Morgan fingerprint density at radius 3 is 2.83 bits per heavy atom. The van der Waals surface area contributed by atoms with Gasteiger partial charge in [0.2, 0.25) is 5.91 Å². The van der Waals surface area contributed by atoms with Crippen molar-refractivity contribution in [1.29, 1.82) is 0 Å². The molecular weight excluding hydrogens is 290 g/mol. The van der Waals surface area contributed by atoms with Gasteiger partial charge in [0.1, 0.15) is 11.3 Å². The van der Waals surface area contributed by atoms with Gasteiger partial charge in [-0.25, -0.2) is 0 Å². The zero-order chi connectivity index (χ0) is 16.4. The molecule has 1 atom stereocenters. The third kappa shape index (κ3) is 3.13. The van der Waals surface area contributed by atoms with Gasteiger partial charge in [-0.2, -0.15) is 5.10 Å². The highest BCUT2D eigenvalue weighted by Gasteiger charge is 2.24. The summed E-state index contributed by atoms with van der Waals surface area (Å²) in [5, 5.41) is 5.18. The SMILES string of the molecule is CCN(Cc1cnn(C)c1)C(=O)C(C)c1cc2ccccc2o1. The summed E-state index contributed by atoms with van der Waals surface area (Å²) in [7, 11) is 1.87. The van der Waals surface area contributed by atoms with Crippen LogP contribution in [0.5, 0.6) is 0 Å². The monoisotopic (exact) mass is 311 g/mol. The van der Waals surface area contributed by atoms with Crippen LogP contribution in [0.2, 0.25) is 0 Å². The van der Waals surface area contributed by atoms with Crippen LogP contribution in [0.4, 0.5) is 0 Å². The Hall–Kier alpha value is -2.56. The maximum Gasteiger partial charge on any atom is 0.233 e. The van der Waals surface area contributed by atoms with E-state index in [0.29, 0.717) is 18.8 Å². The van der Waals surface area contributed by atoms with Gasteiger partial charge < -0.3 is 9.32 Å². The van der Waals surface area contributed by atoms with Gasteiger partial charge in [-0.3, -0.25) is 9.48 Å². The fraction of sp³-hybridized carbons (Fsp3) is 0.333. The molecule has 0 N–H and O–H groups in total. The lowest BCUT2D eigenvalue weighted by Gasteiger charge is -2.23. The number of nitrogens with zero attached hydrogens (tertiary/aromatic N) is 3. The molecule has 0 radical (unpaired) electrons. The van der Waals surface area contributed by atoms with Crippen molar-refractivity contribution >= 4 is 16.9 Å². The molecule has 120 valence electrons. The molecule has 0 aliphatic carbocycles. The van der Waals surface area contributed by atoms with Crippen molar-refractivity contribution in [1.82, 2.24) is 14.7 Å². The summed E-state index contributed by atoms with van der Waals surface area (Å²) in [6.45, 7) is 5.09. The van der Waals surface area contributed by atoms with E-state index >= 15 is 0 Å². The maximum absolute atomic E-state index is 12.8. The minimum Gasteiger partial charge on any atom is -0.460 e. The van der Waals surface area contributed by atoms with Crippen LogP contribution < -0.4 is 0 Å². The standard InChI is InChI=1S/C18H21N3O2/c1-4-21(12-14-10-19-20(3)11-14)18(22)13(2)17-9-15-7-5-6-8-16(15)23-17/h5-11,13H,4,12H2,1-3H3. The van der Waals surface area contributed by atoms with Crippen LogP contribution in [0.1, 0.15) is 31.1 Å². The lowest BCUT2D eigenvalue weighted by Crippen LogP contribution is -2.33. The molecule has 0 saturated carbocycles. The first kappa shape index (κ1) is 15.3. The highest BCUT2D eigenvalue weighted by molar-refractivity contribution is 5.85. The Balaban J connectivity index is 1.79. The van der Waals surface area contributed by atoms with Crippen LogP contribution in [-0.4, -0.2) is 27.1 Å². The second-order valence-electron chi connectivity index (χ2n) is 5.78. The number of benzene rings is 1. The molecule has 1 unspecified atom stereocenters. The summed E-state index contributed by atoms with van der Waals surface area (Å²) < 4.78 is 7.58. The zero-order valence-corrected chi connectivity index (χ0v) is 13.7. The minimum absolute atomic E-state index is 0.0652. The first-order chi connectivity index (χ1) is 11.1. The van der Waals surface area contributed by atoms with E-state index in [9.17, 15) is 4.79 Å². The van der Waals surface area contributed by atoms with Gasteiger partial charge in [0.05, 0.1) is 12.1 Å². The highest BCUT2D eigenvalue weighted by atomic mass is 16.3. The zero-order valence-electron chi connectivity index (χ0n) is 13.7. The Bertz CT molecular complexity index is 785. The van der Waals surface area contributed by atoms with E-state index in [1.807, 2.05) is 62.3 Å². The normalized spacial score (nSPS) is 12.5. The van der Waals surface area contributed by atoms with Gasteiger partial charge in [-0.15, -0.1) is 0 Å². The molecule has 5 nitrogen and oxygen atoms in total. The summed E-state index contributed by atoms with van der Waals surface area (Å²) >= 11 is 0. The van der Waals surface area contributed by atoms with Gasteiger partial charge in [-0.05, 0) is 26.0 Å². The lowest BCUT2D eigenvalue weighted by atomic mass is 10.1. The summed E-state index contributed by atoms with van der Waals surface area (Å²) in [6, 6.07) is 9.77. The maximum atomic E-state index is 12.8. The summed E-state index contributed by atoms with van der Waals surface area (Å²) in [5.74, 6) is 0.468. The van der Waals surface area contributed by atoms with Crippen molar-refractivity contribution in [2.75, 3.05) is 6.54 Å². The Labute approximate surface area is 135 Å². The van der Waals surface area contributed by atoms with E-state index in [0.717, 1.165) is 16.5 Å². The van der Waals surface area contributed by atoms with Gasteiger partial charge in [0.25, 0.3) is 0 Å². The molecule has 1 amide bonds. The number of furan rings is 1. The van der Waals surface area contributed by atoms with Crippen LogP contribution in [0.25, 0.3) is 11.0 Å². The smallest absolute Gasteiger partial charge is 0.233 e. The summed E-state index contributed by atoms with van der Waals surface area (Å²) in [4.78, 5) is 14.6. The Morgan fingerprint density at radius 2 is 2.17 bits per heavy atom. The predicted molar refractivity (Wildman–Crippen MR) is 88.9 cm³/mol. The minimum atomic E-state index is -0.306. The van der Waals surface area contributed by atoms with Crippen LogP contribution in [0.15, 0.2) is 47.1 Å². The van der Waals surface area contributed by atoms with Crippen molar-refractivity contribution in [3.05, 3.63) is 54.0 Å². The Morgan fingerprint density at radius 1 is 1.39 bits per heavy atom. The number of amides is 1. The molecule has 2 heterocycles. The second-order valence-corrected chi connectivity index (χ2v) is 5.78. The van der Waals surface area contributed by atoms with Crippen LogP contribution in [-0.2, 0) is 18.4 Å². The van der Waals surface area contributed by atoms with E-state index in [1.165, 1.54) is 0 Å². The molecular formula is C18H21N3O2. The Kier molecular flexibility index (Phi) is 4.19. The van der Waals surface area contributed by atoms with Gasteiger partial charge in [0.15, 0.2) is 0 Å². The van der Waals surface area contributed by atoms with E-state index in [-0.39, 0.29) is 11.8 Å². The average Bonchev–Trinajstić information content (AvgIpc) is 3.17. The molecule has 0 bridgehead atoms. The molecule has 0 aliphatic rings. The fourth-order valence-electron chi connectivity index (χ4n) is 2.73. The van der Waals surface area contributed by atoms with Gasteiger partial charge in [-0.1, -0.05) is 18.2 Å². The largest absolute Gasteiger partial charge is 0.460 e. The van der Waals surface area contributed by atoms with Crippen molar-refractivity contribution in [3.63, 3.8) is 0 Å². The molecule has 2 aromatic heterocycles. The number of aryl methyl sites for hydroxylation is 1. The number of hydrogen-bond acceptors (Lipinski definition) is 3. The molecule has 5 heteroatoms. The van der Waals surface area contributed by atoms with Gasteiger partial charge >= 0.3 is 0 Å². The molecule has 23 heavy (non-hydrogen) atoms. The first-order valence-electron chi connectivity index (χ1n) is 7.83. The third-order valence-corrected chi connectivity index (χ3v) is 4.07. The number of hydrogen-bond donors (Lipinski definition) is 0. The molecule has 3 aromatic rings. The van der Waals surface area contributed by atoms with E-state index in [1.54, 1.807) is 10.9 Å². The molecule has 0 spiro atoms. The number of likely N-dealkylation sites (N-methyl/N-ethyl adjacent to an activating group) is 1. The molecule has 1 aromatic carbocycles. The predicted octanol–water partition coefficient (Wildman–Crippen LogP) is 3.32. The summed E-state index contributed by atoms with van der Waals surface area (Å²) in [5.41, 5.74) is 1.84. The van der Waals surface area contributed by atoms with E-state index < -0.39 is 0 Å². The second kappa shape index (κ2) is 6.28. The number of fused-ring (bicyclic) bond motifs is 1. The van der Waals surface area contributed by atoms with Crippen molar-refractivity contribution in [2.24, 2.45) is 7.05 Å². The summed E-state index contributed by atoms with van der Waals surface area (Å²) in [6.07, 6.45) is 3.73. The number of carbonyl (C=O) groups is 1. The van der Waals surface area contributed by atoms with Crippen molar-refractivity contribution < 1.29 is 9.21 Å². The average molecular weight is 311 g/mol. The van der Waals surface area contributed by atoms with Gasteiger partial charge in [0, 0.05) is 37.3 Å². The van der Waals surface area contributed by atoms with Crippen molar-refractivity contribution in [2.45, 2.75) is 26.3 Å².